The molecule has 66 valence electrons. The Hall–Kier alpha value is -1.27. The number of terminal acetylenes is 1. The number of nitrogens with zero attached hydrogens (tertiary/aromatic N) is 1. The van der Waals surface area contributed by atoms with Crippen molar-refractivity contribution in [1.29, 1.82) is 0 Å². The predicted molar refractivity (Wildman–Crippen MR) is 49.3 cm³/mol. The summed E-state index contributed by atoms with van der Waals surface area (Å²) in [6.07, 6.45) is 6.94. The maximum Gasteiger partial charge on any atom is 0.240 e. The molecule has 0 spiro atoms. The van der Waals surface area contributed by atoms with Crippen LogP contribution in [0, 0.1) is 12.3 Å². The Morgan fingerprint density at radius 2 is 2.50 bits per heavy atom. The van der Waals surface area contributed by atoms with Crippen LogP contribution in [0.2, 0.25) is 0 Å². The van der Waals surface area contributed by atoms with Crippen LogP contribution >= 0.6 is 0 Å². The zero-order chi connectivity index (χ0) is 9.56. The second-order valence-electron chi connectivity index (χ2n) is 2.52. The van der Waals surface area contributed by atoms with Gasteiger partial charge < -0.3 is 10.6 Å². The van der Waals surface area contributed by atoms with Gasteiger partial charge in [0.25, 0.3) is 0 Å². The second-order valence-corrected chi connectivity index (χ2v) is 2.52. The average Bonchev–Trinajstić information content (AvgIpc) is 2.04. The molecule has 2 N–H and O–H groups in total. The van der Waals surface area contributed by atoms with E-state index in [1.165, 1.54) is 4.90 Å². The van der Waals surface area contributed by atoms with E-state index in [1.807, 2.05) is 0 Å². The summed E-state index contributed by atoms with van der Waals surface area (Å²) in [5.74, 6) is 2.20. The first-order chi connectivity index (χ1) is 5.63. The van der Waals surface area contributed by atoms with Crippen LogP contribution in [0.3, 0.4) is 0 Å². The van der Waals surface area contributed by atoms with E-state index in [0.29, 0.717) is 6.54 Å². The largest absolute Gasteiger partial charge is 0.341 e. The fourth-order valence-corrected chi connectivity index (χ4v) is 0.781. The van der Waals surface area contributed by atoms with Crippen LogP contribution in [-0.2, 0) is 4.79 Å². The minimum absolute atomic E-state index is 0.146. The minimum atomic E-state index is -0.583. The highest BCUT2D eigenvalue weighted by atomic mass is 16.2. The van der Waals surface area contributed by atoms with Crippen molar-refractivity contribution in [2.45, 2.75) is 12.5 Å². The van der Waals surface area contributed by atoms with Crippen molar-refractivity contribution < 1.29 is 4.79 Å². The van der Waals surface area contributed by atoms with Gasteiger partial charge in [-0.15, -0.1) is 18.9 Å². The third-order valence-corrected chi connectivity index (χ3v) is 1.43. The third kappa shape index (κ3) is 3.22. The maximum absolute atomic E-state index is 11.3. The molecule has 0 aliphatic rings. The molecule has 0 bridgehead atoms. The van der Waals surface area contributed by atoms with Crippen LogP contribution in [0.5, 0.6) is 0 Å². The van der Waals surface area contributed by atoms with Crippen molar-refractivity contribution in [3.05, 3.63) is 12.7 Å². The van der Waals surface area contributed by atoms with Crippen LogP contribution in [0.25, 0.3) is 0 Å². The predicted octanol–water partition coefficient (Wildman–Crippen LogP) is -0.0186. The summed E-state index contributed by atoms with van der Waals surface area (Å²) in [5.41, 5.74) is 5.49. The van der Waals surface area contributed by atoms with Gasteiger partial charge in [-0.2, -0.15) is 0 Å². The lowest BCUT2D eigenvalue weighted by Gasteiger charge is -2.18. The number of rotatable bonds is 4. The smallest absolute Gasteiger partial charge is 0.240 e. The molecule has 0 aromatic carbocycles. The van der Waals surface area contributed by atoms with Crippen LogP contribution in [-0.4, -0.2) is 30.4 Å². The Morgan fingerprint density at radius 1 is 1.92 bits per heavy atom. The van der Waals surface area contributed by atoms with Gasteiger partial charge in [-0.3, -0.25) is 4.79 Å². The molecule has 0 rings (SSSR count). The van der Waals surface area contributed by atoms with Crippen molar-refractivity contribution in [1.82, 2.24) is 4.90 Å². The third-order valence-electron chi connectivity index (χ3n) is 1.43. The Labute approximate surface area is 73.2 Å². The highest BCUT2D eigenvalue weighted by Gasteiger charge is 2.15. The minimum Gasteiger partial charge on any atom is -0.341 e. The molecular formula is C9H14N2O. The summed E-state index contributed by atoms with van der Waals surface area (Å²) < 4.78 is 0. The SMILES string of the molecule is C#CCC(N)C(=O)N(C)CC=C. The fourth-order valence-electron chi connectivity index (χ4n) is 0.781. The molecule has 0 saturated carbocycles. The van der Waals surface area contributed by atoms with Crippen LogP contribution in [0.4, 0.5) is 0 Å². The molecule has 0 heterocycles. The summed E-state index contributed by atoms with van der Waals surface area (Å²) >= 11 is 0. The summed E-state index contributed by atoms with van der Waals surface area (Å²) in [7, 11) is 1.67. The Kier molecular flexibility index (Phi) is 4.82. The Morgan fingerprint density at radius 3 is 2.92 bits per heavy atom. The van der Waals surface area contributed by atoms with Gasteiger partial charge >= 0.3 is 0 Å². The second kappa shape index (κ2) is 5.39. The molecule has 0 aliphatic carbocycles. The number of hydrogen-bond acceptors (Lipinski definition) is 2. The van der Waals surface area contributed by atoms with Crippen molar-refractivity contribution in [3.8, 4) is 12.3 Å². The van der Waals surface area contributed by atoms with Gasteiger partial charge in [-0.1, -0.05) is 6.08 Å². The van der Waals surface area contributed by atoms with Gasteiger partial charge in [0.2, 0.25) is 5.91 Å². The molecule has 0 fully saturated rings. The average molecular weight is 166 g/mol. The quantitative estimate of drug-likeness (QED) is 0.471. The number of nitrogens with two attached hydrogens (primary N) is 1. The number of hydrogen-bond donors (Lipinski definition) is 1. The normalized spacial score (nSPS) is 11.4. The summed E-state index contributed by atoms with van der Waals surface area (Å²) in [4.78, 5) is 12.8. The maximum atomic E-state index is 11.3. The summed E-state index contributed by atoms with van der Waals surface area (Å²) in [5, 5.41) is 0. The monoisotopic (exact) mass is 166 g/mol. The van der Waals surface area contributed by atoms with E-state index >= 15 is 0 Å². The molecule has 0 aromatic rings. The molecule has 1 unspecified atom stereocenters. The lowest BCUT2D eigenvalue weighted by Crippen LogP contribution is -2.41. The lowest BCUT2D eigenvalue weighted by molar-refractivity contribution is -0.130. The van der Waals surface area contributed by atoms with Crippen molar-refractivity contribution in [3.63, 3.8) is 0 Å². The highest BCUT2D eigenvalue weighted by Crippen LogP contribution is 1.93. The van der Waals surface area contributed by atoms with Crippen LogP contribution in [0.15, 0.2) is 12.7 Å². The van der Waals surface area contributed by atoms with Crippen LogP contribution < -0.4 is 5.73 Å². The first-order valence-corrected chi connectivity index (χ1v) is 3.68. The molecule has 12 heavy (non-hydrogen) atoms. The first kappa shape index (κ1) is 10.7. The molecule has 0 saturated heterocycles. The molecule has 0 aromatic heterocycles. The standard InChI is InChI=1S/C9H14N2O/c1-4-6-8(10)9(12)11(3)7-5-2/h1,5,8H,2,6-7,10H2,3H3. The molecule has 1 amide bonds. The van der Waals surface area contributed by atoms with Gasteiger partial charge in [0.15, 0.2) is 0 Å². The van der Waals surface area contributed by atoms with E-state index in [-0.39, 0.29) is 12.3 Å². The zero-order valence-electron chi connectivity index (χ0n) is 7.29. The van der Waals surface area contributed by atoms with Gasteiger partial charge in [-0.05, 0) is 0 Å². The summed E-state index contributed by atoms with van der Waals surface area (Å²) in [6.45, 7) is 4.01. The van der Waals surface area contributed by atoms with Crippen LogP contribution in [0.1, 0.15) is 6.42 Å². The zero-order valence-corrected chi connectivity index (χ0v) is 7.29. The molecule has 3 heteroatoms. The number of likely N-dealkylation sites (N-methyl/N-ethyl adjacent to an activating group) is 1. The Balaban J connectivity index is 4.01. The highest BCUT2D eigenvalue weighted by molar-refractivity contribution is 5.81. The van der Waals surface area contributed by atoms with Gasteiger partial charge in [-0.25, -0.2) is 0 Å². The van der Waals surface area contributed by atoms with E-state index < -0.39 is 6.04 Å². The molecule has 1 atom stereocenters. The molecule has 0 radical (unpaired) electrons. The van der Waals surface area contributed by atoms with Gasteiger partial charge in [0, 0.05) is 20.0 Å². The van der Waals surface area contributed by atoms with E-state index in [2.05, 4.69) is 12.5 Å². The van der Waals surface area contributed by atoms with E-state index in [9.17, 15) is 4.79 Å². The number of carbonyl (C=O) groups is 1. The topological polar surface area (TPSA) is 46.3 Å². The Bertz CT molecular complexity index is 205. The van der Waals surface area contributed by atoms with Crippen molar-refractivity contribution in [2.24, 2.45) is 5.73 Å². The van der Waals surface area contributed by atoms with Crippen molar-refractivity contribution >= 4 is 5.91 Å². The van der Waals surface area contributed by atoms with Gasteiger partial charge in [0.1, 0.15) is 0 Å². The van der Waals surface area contributed by atoms with E-state index in [4.69, 9.17) is 12.2 Å². The molecule has 3 nitrogen and oxygen atoms in total. The fraction of sp³-hybridized carbons (Fsp3) is 0.444. The number of carbonyl (C=O) groups excluding carboxylic acids is 1. The first-order valence-electron chi connectivity index (χ1n) is 3.68. The van der Waals surface area contributed by atoms with Crippen molar-refractivity contribution in [2.75, 3.05) is 13.6 Å². The van der Waals surface area contributed by atoms with Gasteiger partial charge in [0.05, 0.1) is 6.04 Å². The van der Waals surface area contributed by atoms with E-state index in [1.54, 1.807) is 13.1 Å². The lowest BCUT2D eigenvalue weighted by atomic mass is 10.2. The molecule has 0 aliphatic heterocycles. The van der Waals surface area contributed by atoms with E-state index in [0.717, 1.165) is 0 Å². The summed E-state index contributed by atoms with van der Waals surface area (Å²) in [6, 6.07) is -0.583. The molecular weight excluding hydrogens is 152 g/mol. The number of amides is 1.